The molecule has 1 aromatic rings. The monoisotopic (exact) mass is 303 g/mol. The lowest BCUT2D eigenvalue weighted by atomic mass is 9.70. The van der Waals surface area contributed by atoms with Gasteiger partial charge in [0.1, 0.15) is 0 Å². The molecule has 0 saturated heterocycles. The molecule has 1 saturated carbocycles. The minimum Gasteiger partial charge on any atom is -0.387 e. The summed E-state index contributed by atoms with van der Waals surface area (Å²) in [5.41, 5.74) is 0.847. The first kappa shape index (κ1) is 17.0. The van der Waals surface area contributed by atoms with Crippen molar-refractivity contribution in [1.82, 2.24) is 5.32 Å². The summed E-state index contributed by atoms with van der Waals surface area (Å²) in [6.45, 7) is 6.94. The molecule has 0 heterocycles. The lowest BCUT2D eigenvalue weighted by molar-refractivity contribution is -0.129. The number of carbonyl (C=O) groups is 1. The van der Waals surface area contributed by atoms with Gasteiger partial charge in [0.15, 0.2) is 0 Å². The SMILES string of the molecule is CC1CC[C@@H](C(C)C)[C@H](C(=O)NCC(O)c2ccccc2)C1. The van der Waals surface area contributed by atoms with Crippen LogP contribution < -0.4 is 5.32 Å². The Hall–Kier alpha value is -1.35. The highest BCUT2D eigenvalue weighted by Gasteiger charge is 2.35. The van der Waals surface area contributed by atoms with E-state index in [1.165, 1.54) is 6.42 Å². The lowest BCUT2D eigenvalue weighted by Crippen LogP contribution is -2.41. The summed E-state index contributed by atoms with van der Waals surface area (Å²) in [5, 5.41) is 13.1. The summed E-state index contributed by atoms with van der Waals surface area (Å²) in [6.07, 6.45) is 2.69. The van der Waals surface area contributed by atoms with Gasteiger partial charge in [0.2, 0.25) is 5.91 Å². The average Bonchev–Trinajstić information content (AvgIpc) is 2.52. The molecule has 2 N–H and O–H groups in total. The van der Waals surface area contributed by atoms with Crippen LogP contribution in [0.15, 0.2) is 30.3 Å². The summed E-state index contributed by atoms with van der Waals surface area (Å²) in [7, 11) is 0. The number of amides is 1. The van der Waals surface area contributed by atoms with Crippen LogP contribution >= 0.6 is 0 Å². The fourth-order valence-corrected chi connectivity index (χ4v) is 3.63. The van der Waals surface area contributed by atoms with Gasteiger partial charge in [-0.2, -0.15) is 0 Å². The Balaban J connectivity index is 1.92. The Kier molecular flexibility index (Phi) is 6.01. The molecule has 2 rings (SSSR count). The summed E-state index contributed by atoms with van der Waals surface area (Å²) in [6, 6.07) is 9.49. The lowest BCUT2D eigenvalue weighted by Gasteiger charge is -2.36. The molecule has 2 unspecified atom stereocenters. The highest BCUT2D eigenvalue weighted by atomic mass is 16.3. The van der Waals surface area contributed by atoms with Crippen molar-refractivity contribution in [2.45, 2.75) is 46.1 Å². The molecule has 1 amide bonds. The Morgan fingerprint density at radius 2 is 1.95 bits per heavy atom. The number of hydrogen-bond acceptors (Lipinski definition) is 2. The first-order valence-corrected chi connectivity index (χ1v) is 8.49. The molecule has 122 valence electrons. The fraction of sp³-hybridized carbons (Fsp3) is 0.632. The predicted octanol–water partition coefficient (Wildman–Crippen LogP) is 3.54. The van der Waals surface area contributed by atoms with Crippen LogP contribution in [0.1, 0.15) is 51.7 Å². The van der Waals surface area contributed by atoms with Crippen molar-refractivity contribution in [3.8, 4) is 0 Å². The third-order valence-corrected chi connectivity index (χ3v) is 5.01. The van der Waals surface area contributed by atoms with Crippen LogP contribution in [0.5, 0.6) is 0 Å². The summed E-state index contributed by atoms with van der Waals surface area (Å²) >= 11 is 0. The largest absolute Gasteiger partial charge is 0.387 e. The van der Waals surface area contributed by atoms with E-state index < -0.39 is 6.10 Å². The van der Waals surface area contributed by atoms with Gasteiger partial charge in [-0.1, -0.05) is 57.5 Å². The molecular weight excluding hydrogens is 274 g/mol. The number of aliphatic hydroxyl groups is 1. The van der Waals surface area contributed by atoms with Gasteiger partial charge in [-0.25, -0.2) is 0 Å². The Morgan fingerprint density at radius 3 is 2.59 bits per heavy atom. The van der Waals surface area contributed by atoms with Crippen molar-refractivity contribution in [2.24, 2.45) is 23.7 Å². The molecular formula is C19H29NO2. The van der Waals surface area contributed by atoms with Crippen molar-refractivity contribution >= 4 is 5.91 Å². The van der Waals surface area contributed by atoms with Gasteiger partial charge in [-0.3, -0.25) is 4.79 Å². The first-order chi connectivity index (χ1) is 10.5. The van der Waals surface area contributed by atoms with Gasteiger partial charge >= 0.3 is 0 Å². The average molecular weight is 303 g/mol. The molecule has 1 aliphatic carbocycles. The molecule has 3 heteroatoms. The van der Waals surface area contributed by atoms with Gasteiger partial charge < -0.3 is 10.4 Å². The molecule has 22 heavy (non-hydrogen) atoms. The maximum absolute atomic E-state index is 12.6. The Morgan fingerprint density at radius 1 is 1.27 bits per heavy atom. The third-order valence-electron chi connectivity index (χ3n) is 5.01. The van der Waals surface area contributed by atoms with Crippen molar-refractivity contribution < 1.29 is 9.90 Å². The highest BCUT2D eigenvalue weighted by molar-refractivity contribution is 5.79. The number of carbonyl (C=O) groups excluding carboxylic acids is 1. The third kappa shape index (κ3) is 4.33. The summed E-state index contributed by atoms with van der Waals surface area (Å²) in [5.74, 6) is 1.81. The molecule has 0 aliphatic heterocycles. The van der Waals surface area contributed by atoms with Crippen molar-refractivity contribution in [1.29, 1.82) is 0 Å². The zero-order chi connectivity index (χ0) is 16.1. The van der Waals surface area contributed by atoms with Crippen molar-refractivity contribution in [3.63, 3.8) is 0 Å². The molecule has 1 fully saturated rings. The molecule has 1 aromatic carbocycles. The topological polar surface area (TPSA) is 49.3 Å². The van der Waals surface area contributed by atoms with Crippen molar-refractivity contribution in [2.75, 3.05) is 6.54 Å². The molecule has 0 bridgehead atoms. The standard InChI is InChI=1S/C19H29NO2/c1-13(2)16-10-9-14(3)11-17(16)19(22)20-12-18(21)15-7-5-4-6-8-15/h4-8,13-14,16-18,21H,9-12H2,1-3H3,(H,20,22)/t14?,16-,17+,18?/m0/s1. The maximum atomic E-state index is 12.6. The van der Waals surface area contributed by atoms with Crippen LogP contribution in [0.2, 0.25) is 0 Å². The Bertz CT molecular complexity index is 472. The van der Waals surface area contributed by atoms with Gasteiger partial charge in [0.05, 0.1) is 6.10 Å². The van der Waals surface area contributed by atoms with Crippen LogP contribution in [0, 0.1) is 23.7 Å². The van der Waals surface area contributed by atoms with E-state index in [2.05, 4.69) is 26.1 Å². The van der Waals surface area contributed by atoms with Gasteiger partial charge in [-0.05, 0) is 36.2 Å². The molecule has 0 aromatic heterocycles. The zero-order valence-electron chi connectivity index (χ0n) is 14.0. The second-order valence-corrected chi connectivity index (χ2v) is 7.10. The minimum absolute atomic E-state index is 0.0896. The zero-order valence-corrected chi connectivity index (χ0v) is 14.0. The number of nitrogens with one attached hydrogen (secondary N) is 1. The van der Waals surface area contributed by atoms with Crippen LogP contribution in [-0.4, -0.2) is 17.6 Å². The molecule has 4 atom stereocenters. The maximum Gasteiger partial charge on any atom is 0.223 e. The number of hydrogen-bond donors (Lipinski definition) is 2. The van der Waals surface area contributed by atoms with E-state index in [-0.39, 0.29) is 11.8 Å². The van der Waals surface area contributed by atoms with E-state index in [1.54, 1.807) is 0 Å². The summed E-state index contributed by atoms with van der Waals surface area (Å²) < 4.78 is 0. The van der Waals surface area contributed by atoms with Crippen molar-refractivity contribution in [3.05, 3.63) is 35.9 Å². The quantitative estimate of drug-likeness (QED) is 0.874. The molecule has 0 spiro atoms. The number of benzene rings is 1. The molecule has 1 aliphatic rings. The predicted molar refractivity (Wildman–Crippen MR) is 89.2 cm³/mol. The highest BCUT2D eigenvalue weighted by Crippen LogP contribution is 2.38. The number of aliphatic hydroxyl groups excluding tert-OH is 1. The molecule has 3 nitrogen and oxygen atoms in total. The Labute approximate surface area is 134 Å². The van der Waals surface area contributed by atoms with E-state index in [1.807, 2.05) is 30.3 Å². The van der Waals surface area contributed by atoms with E-state index in [0.717, 1.165) is 18.4 Å². The second kappa shape index (κ2) is 7.77. The van der Waals surface area contributed by atoms with E-state index in [4.69, 9.17) is 0 Å². The van der Waals surface area contributed by atoms with Crippen LogP contribution in [0.25, 0.3) is 0 Å². The fourth-order valence-electron chi connectivity index (χ4n) is 3.63. The van der Waals surface area contributed by atoms with Gasteiger partial charge in [0.25, 0.3) is 0 Å². The van der Waals surface area contributed by atoms with Crippen LogP contribution in [-0.2, 0) is 4.79 Å². The first-order valence-electron chi connectivity index (χ1n) is 8.49. The normalized spacial score (nSPS) is 26.7. The second-order valence-electron chi connectivity index (χ2n) is 7.10. The minimum atomic E-state index is -0.635. The number of rotatable bonds is 5. The van der Waals surface area contributed by atoms with Crippen LogP contribution in [0.3, 0.4) is 0 Å². The van der Waals surface area contributed by atoms with E-state index in [0.29, 0.717) is 24.3 Å². The summed E-state index contributed by atoms with van der Waals surface area (Å²) in [4.78, 5) is 12.6. The van der Waals surface area contributed by atoms with E-state index in [9.17, 15) is 9.90 Å². The smallest absolute Gasteiger partial charge is 0.223 e. The van der Waals surface area contributed by atoms with Gasteiger partial charge in [0, 0.05) is 12.5 Å². The van der Waals surface area contributed by atoms with Crippen LogP contribution in [0.4, 0.5) is 0 Å². The molecule has 0 radical (unpaired) electrons. The van der Waals surface area contributed by atoms with E-state index >= 15 is 0 Å². The van der Waals surface area contributed by atoms with Gasteiger partial charge in [-0.15, -0.1) is 0 Å².